The van der Waals surface area contributed by atoms with Gasteiger partial charge in [-0.05, 0) is 48.9 Å². The second kappa shape index (κ2) is 3.97. The Hall–Kier alpha value is -1.24. The van der Waals surface area contributed by atoms with Crippen molar-refractivity contribution in [3.8, 4) is 0 Å². The van der Waals surface area contributed by atoms with Crippen LogP contribution in [0, 0.1) is 0 Å². The van der Waals surface area contributed by atoms with E-state index in [4.69, 9.17) is 0 Å². The first-order valence-corrected chi connectivity index (χ1v) is 6.07. The quantitative estimate of drug-likeness (QED) is 0.779. The van der Waals surface area contributed by atoms with E-state index in [1.807, 2.05) is 0 Å². The molecular formula is C15H21N. The fourth-order valence-corrected chi connectivity index (χ4v) is 2.33. The average molecular weight is 215 g/mol. The molecule has 0 saturated heterocycles. The molecule has 1 heteroatoms. The van der Waals surface area contributed by atoms with Crippen molar-refractivity contribution in [1.82, 2.24) is 0 Å². The zero-order valence-corrected chi connectivity index (χ0v) is 10.7. The molecular weight excluding hydrogens is 194 g/mol. The summed E-state index contributed by atoms with van der Waals surface area (Å²) < 4.78 is 0. The highest BCUT2D eigenvalue weighted by atomic mass is 14.9. The van der Waals surface area contributed by atoms with Crippen molar-refractivity contribution in [3.63, 3.8) is 0 Å². The van der Waals surface area contributed by atoms with E-state index < -0.39 is 0 Å². The molecule has 0 aromatic heterocycles. The number of hydrogen-bond donors (Lipinski definition) is 1. The van der Waals surface area contributed by atoms with Crippen LogP contribution >= 0.6 is 0 Å². The number of allylic oxidation sites excluding steroid dienone is 1. The Labute approximate surface area is 98.6 Å². The topological polar surface area (TPSA) is 12.0 Å². The first-order chi connectivity index (χ1) is 7.49. The summed E-state index contributed by atoms with van der Waals surface area (Å²) in [7, 11) is 0. The van der Waals surface area contributed by atoms with Crippen LogP contribution in [0.15, 0.2) is 24.3 Å². The Morgan fingerprint density at radius 2 is 2.00 bits per heavy atom. The maximum absolute atomic E-state index is 3.45. The van der Waals surface area contributed by atoms with Gasteiger partial charge < -0.3 is 5.32 Å². The second-order valence-electron chi connectivity index (χ2n) is 5.59. The molecule has 1 nitrogen and oxygen atoms in total. The van der Waals surface area contributed by atoms with Crippen molar-refractivity contribution in [2.24, 2.45) is 0 Å². The molecule has 0 atom stereocenters. The van der Waals surface area contributed by atoms with Crippen LogP contribution in [-0.4, -0.2) is 6.04 Å². The lowest BCUT2D eigenvalue weighted by Gasteiger charge is -2.29. The largest absolute Gasteiger partial charge is 0.383 e. The van der Waals surface area contributed by atoms with Crippen molar-refractivity contribution in [2.75, 3.05) is 5.32 Å². The van der Waals surface area contributed by atoms with Crippen molar-refractivity contribution < 1.29 is 0 Å². The zero-order chi connectivity index (χ0) is 11.8. The molecule has 0 saturated carbocycles. The molecule has 0 fully saturated rings. The molecule has 0 unspecified atom stereocenters. The molecule has 0 spiro atoms. The van der Waals surface area contributed by atoms with Gasteiger partial charge in [0.2, 0.25) is 0 Å². The molecule has 1 aromatic rings. The van der Waals surface area contributed by atoms with Gasteiger partial charge in [-0.15, -0.1) is 0 Å². The number of rotatable bonds is 2. The molecule has 1 N–H and O–H groups in total. The summed E-state index contributed by atoms with van der Waals surface area (Å²) in [5.74, 6) is 0. The van der Waals surface area contributed by atoms with Crippen LogP contribution in [0.2, 0.25) is 0 Å². The lowest BCUT2D eigenvalue weighted by Crippen LogP contribution is -2.20. The summed E-state index contributed by atoms with van der Waals surface area (Å²) in [6, 6.07) is 7.20. The van der Waals surface area contributed by atoms with E-state index in [1.165, 1.54) is 16.8 Å². The first-order valence-electron chi connectivity index (χ1n) is 6.07. The lowest BCUT2D eigenvalue weighted by molar-refractivity contribution is 0.529. The molecule has 1 aliphatic rings. The number of anilines is 1. The average Bonchev–Trinajstić information content (AvgIpc) is 2.15. The van der Waals surface area contributed by atoms with Gasteiger partial charge in [-0.2, -0.15) is 0 Å². The van der Waals surface area contributed by atoms with Crippen molar-refractivity contribution in [1.29, 1.82) is 0 Å². The van der Waals surface area contributed by atoms with E-state index in [2.05, 4.69) is 63.4 Å². The minimum absolute atomic E-state index is 0.278. The van der Waals surface area contributed by atoms with Gasteiger partial charge in [0, 0.05) is 11.7 Å². The Morgan fingerprint density at radius 3 is 2.69 bits per heavy atom. The van der Waals surface area contributed by atoms with Crippen molar-refractivity contribution in [2.45, 2.75) is 45.6 Å². The van der Waals surface area contributed by atoms with Crippen LogP contribution in [0.25, 0.3) is 6.08 Å². The number of benzene rings is 1. The summed E-state index contributed by atoms with van der Waals surface area (Å²) >= 11 is 0. The van der Waals surface area contributed by atoms with Gasteiger partial charge in [0.05, 0.1) is 0 Å². The van der Waals surface area contributed by atoms with Gasteiger partial charge in [0.25, 0.3) is 0 Å². The van der Waals surface area contributed by atoms with Crippen LogP contribution in [0.3, 0.4) is 0 Å². The highest BCUT2D eigenvalue weighted by Crippen LogP contribution is 2.36. The maximum atomic E-state index is 3.45. The zero-order valence-electron chi connectivity index (χ0n) is 10.7. The molecule has 86 valence electrons. The van der Waals surface area contributed by atoms with Gasteiger partial charge in [-0.1, -0.05) is 32.1 Å². The Bertz CT molecular complexity index is 413. The third kappa shape index (κ3) is 2.13. The van der Waals surface area contributed by atoms with E-state index in [-0.39, 0.29) is 5.41 Å². The standard InChI is InChI=1S/C15H21N/c1-11(2)16-13-7-8-14-12(10-13)6-5-9-15(14,3)4/h5-8,10-11,16H,9H2,1-4H3. The lowest BCUT2D eigenvalue weighted by atomic mass is 9.76. The van der Waals surface area contributed by atoms with Crippen LogP contribution in [0.4, 0.5) is 5.69 Å². The second-order valence-corrected chi connectivity index (χ2v) is 5.59. The van der Waals surface area contributed by atoms with Gasteiger partial charge in [-0.3, -0.25) is 0 Å². The molecule has 0 aliphatic heterocycles. The minimum Gasteiger partial charge on any atom is -0.383 e. The summed E-state index contributed by atoms with van der Waals surface area (Å²) in [4.78, 5) is 0. The Morgan fingerprint density at radius 1 is 1.25 bits per heavy atom. The molecule has 0 radical (unpaired) electrons. The van der Waals surface area contributed by atoms with Crippen LogP contribution in [-0.2, 0) is 5.41 Å². The van der Waals surface area contributed by atoms with Crippen molar-refractivity contribution >= 4 is 11.8 Å². The normalized spacial score (nSPS) is 17.3. The maximum Gasteiger partial charge on any atom is 0.0348 e. The highest BCUT2D eigenvalue weighted by molar-refractivity contribution is 5.64. The molecule has 1 aromatic carbocycles. The number of fused-ring (bicyclic) bond motifs is 1. The number of nitrogens with one attached hydrogen (secondary N) is 1. The van der Waals surface area contributed by atoms with E-state index in [0.29, 0.717) is 6.04 Å². The summed E-state index contributed by atoms with van der Waals surface area (Å²) in [6.45, 7) is 8.95. The fraction of sp³-hybridized carbons (Fsp3) is 0.467. The SMILES string of the molecule is CC(C)Nc1ccc2c(c1)C=CCC2(C)C. The molecule has 2 rings (SSSR count). The van der Waals surface area contributed by atoms with Crippen molar-refractivity contribution in [3.05, 3.63) is 35.4 Å². The Balaban J connectivity index is 2.37. The minimum atomic E-state index is 0.278. The van der Waals surface area contributed by atoms with E-state index in [9.17, 15) is 0 Å². The van der Waals surface area contributed by atoms with Crippen LogP contribution in [0.1, 0.15) is 45.2 Å². The predicted octanol–water partition coefficient (Wildman–Crippen LogP) is 4.20. The van der Waals surface area contributed by atoms with E-state index in [1.54, 1.807) is 0 Å². The Kier molecular flexibility index (Phi) is 2.79. The molecule has 0 bridgehead atoms. The van der Waals surface area contributed by atoms with E-state index in [0.717, 1.165) is 6.42 Å². The fourth-order valence-electron chi connectivity index (χ4n) is 2.33. The monoisotopic (exact) mass is 215 g/mol. The van der Waals surface area contributed by atoms with Crippen LogP contribution < -0.4 is 5.32 Å². The molecule has 0 amide bonds. The highest BCUT2D eigenvalue weighted by Gasteiger charge is 2.24. The van der Waals surface area contributed by atoms with Gasteiger partial charge in [-0.25, -0.2) is 0 Å². The third-order valence-corrected chi connectivity index (χ3v) is 3.16. The van der Waals surface area contributed by atoms with Gasteiger partial charge >= 0.3 is 0 Å². The number of hydrogen-bond acceptors (Lipinski definition) is 1. The molecule has 1 aliphatic carbocycles. The summed E-state index contributed by atoms with van der Waals surface area (Å²) in [6.07, 6.45) is 5.66. The van der Waals surface area contributed by atoms with E-state index >= 15 is 0 Å². The predicted molar refractivity (Wildman–Crippen MR) is 71.9 cm³/mol. The molecule has 16 heavy (non-hydrogen) atoms. The third-order valence-electron chi connectivity index (χ3n) is 3.16. The molecule has 0 heterocycles. The van der Waals surface area contributed by atoms with Gasteiger partial charge in [0.1, 0.15) is 0 Å². The smallest absolute Gasteiger partial charge is 0.0348 e. The summed E-state index contributed by atoms with van der Waals surface area (Å²) in [5.41, 5.74) is 4.32. The van der Waals surface area contributed by atoms with Crippen LogP contribution in [0.5, 0.6) is 0 Å². The van der Waals surface area contributed by atoms with Gasteiger partial charge in [0.15, 0.2) is 0 Å². The summed E-state index contributed by atoms with van der Waals surface area (Å²) in [5, 5.41) is 3.45. The first kappa shape index (κ1) is 11.3.